The third-order valence-corrected chi connectivity index (χ3v) is 7.37. The molecule has 2 aromatic carbocycles. The summed E-state index contributed by atoms with van der Waals surface area (Å²) in [6.45, 7) is 0.467. The van der Waals surface area contributed by atoms with Gasteiger partial charge in [0.05, 0.1) is 26.5 Å². The minimum absolute atomic E-state index is 0.0157. The first-order valence-corrected chi connectivity index (χ1v) is 12.6. The Morgan fingerprint density at radius 1 is 1.06 bits per heavy atom. The molecular weight excluding hydrogens is 531 g/mol. The van der Waals surface area contributed by atoms with Crippen molar-refractivity contribution in [3.63, 3.8) is 0 Å². The summed E-state index contributed by atoms with van der Waals surface area (Å²) in [6, 6.07) is 12.1. The number of aromatic nitrogens is 1. The van der Waals surface area contributed by atoms with Gasteiger partial charge in [-0.2, -0.15) is 0 Å². The highest BCUT2D eigenvalue weighted by Crippen LogP contribution is 2.33. The van der Waals surface area contributed by atoms with Gasteiger partial charge >= 0.3 is 0 Å². The summed E-state index contributed by atoms with van der Waals surface area (Å²) in [6.07, 6.45) is 1.17. The number of sulfonamides is 1. The summed E-state index contributed by atoms with van der Waals surface area (Å²) in [5.74, 6) is -2.30. The second kappa shape index (κ2) is 9.83. The second-order valence-electron chi connectivity index (χ2n) is 7.75. The first-order valence-electron chi connectivity index (χ1n) is 10.0. The zero-order valence-electron chi connectivity index (χ0n) is 17.4. The summed E-state index contributed by atoms with van der Waals surface area (Å²) < 4.78 is 60.6. The van der Waals surface area contributed by atoms with Crippen molar-refractivity contribution in [1.82, 2.24) is 9.88 Å². The Labute approximate surface area is 210 Å². The van der Waals surface area contributed by atoms with Crippen molar-refractivity contribution in [3.05, 3.63) is 75.4 Å². The highest BCUT2D eigenvalue weighted by Gasteiger charge is 2.37. The third-order valence-electron chi connectivity index (χ3n) is 5.06. The number of rotatable bonds is 7. The number of pyridine rings is 1. The predicted octanol–water partition coefficient (Wildman–Crippen LogP) is 6.48. The van der Waals surface area contributed by atoms with Gasteiger partial charge in [0.2, 0.25) is 5.88 Å². The molecule has 4 rings (SSSR count). The van der Waals surface area contributed by atoms with Crippen LogP contribution < -0.4 is 9.46 Å². The van der Waals surface area contributed by atoms with Crippen LogP contribution in [0.5, 0.6) is 11.6 Å². The summed E-state index contributed by atoms with van der Waals surface area (Å²) in [7, 11) is -4.05. The number of hydrogen-bond acceptors (Lipinski definition) is 5. The van der Waals surface area contributed by atoms with Crippen molar-refractivity contribution in [3.8, 4) is 11.6 Å². The number of nitrogens with one attached hydrogen (secondary N) is 1. The number of hydrogen-bond donors (Lipinski definition) is 1. The number of benzene rings is 2. The summed E-state index contributed by atoms with van der Waals surface area (Å²) in [5.41, 5.74) is 0.858. The minimum atomic E-state index is -4.05. The molecule has 0 bridgehead atoms. The normalized spacial score (nSPS) is 15.9. The van der Waals surface area contributed by atoms with E-state index >= 15 is 0 Å². The molecule has 180 valence electrons. The molecule has 0 unspecified atom stereocenters. The Morgan fingerprint density at radius 2 is 1.79 bits per heavy atom. The molecule has 0 saturated carbocycles. The first kappa shape index (κ1) is 24.9. The fourth-order valence-electron chi connectivity index (χ4n) is 3.40. The maximum Gasteiger partial charge on any atom is 0.262 e. The third kappa shape index (κ3) is 6.09. The van der Waals surface area contributed by atoms with Gasteiger partial charge in [0.15, 0.2) is 0 Å². The van der Waals surface area contributed by atoms with Crippen LogP contribution in [0.2, 0.25) is 15.1 Å². The van der Waals surface area contributed by atoms with Gasteiger partial charge < -0.3 is 4.74 Å². The fraction of sp³-hybridized carbons (Fsp3) is 0.227. The highest BCUT2D eigenvalue weighted by molar-refractivity contribution is 7.92. The summed E-state index contributed by atoms with van der Waals surface area (Å²) >= 11 is 17.8. The maximum atomic E-state index is 13.4. The Hall–Kier alpha value is -2.17. The van der Waals surface area contributed by atoms with Gasteiger partial charge in [-0.1, -0.05) is 46.9 Å². The second-order valence-corrected chi connectivity index (χ2v) is 10.7. The zero-order valence-corrected chi connectivity index (χ0v) is 20.5. The van der Waals surface area contributed by atoms with Crippen molar-refractivity contribution in [2.75, 3.05) is 17.8 Å². The SMILES string of the molecule is O=S(=O)(Nc1cc(Cl)cnc1Oc1ccc(CN2CCC(F)(F)C2)cc1)c1ccc(Cl)c(Cl)c1. The lowest BCUT2D eigenvalue weighted by Crippen LogP contribution is -2.24. The highest BCUT2D eigenvalue weighted by atomic mass is 35.5. The van der Waals surface area contributed by atoms with Gasteiger partial charge in [0, 0.05) is 25.7 Å². The first-order chi connectivity index (χ1) is 16.0. The van der Waals surface area contributed by atoms with E-state index in [1.807, 2.05) is 0 Å². The van der Waals surface area contributed by atoms with Crippen molar-refractivity contribution in [2.45, 2.75) is 23.8 Å². The smallest absolute Gasteiger partial charge is 0.262 e. The largest absolute Gasteiger partial charge is 0.437 e. The van der Waals surface area contributed by atoms with E-state index in [4.69, 9.17) is 39.5 Å². The monoisotopic (exact) mass is 547 g/mol. The average Bonchev–Trinajstić information content (AvgIpc) is 3.11. The average molecular weight is 549 g/mol. The number of nitrogens with zero attached hydrogens (tertiary/aromatic N) is 2. The van der Waals surface area contributed by atoms with Gasteiger partial charge in [-0.15, -0.1) is 0 Å². The van der Waals surface area contributed by atoms with Crippen LogP contribution in [0.25, 0.3) is 0 Å². The maximum absolute atomic E-state index is 13.4. The molecule has 1 fully saturated rings. The van der Waals surface area contributed by atoms with Crippen LogP contribution in [0.1, 0.15) is 12.0 Å². The fourth-order valence-corrected chi connectivity index (χ4v) is 5.00. The molecule has 1 aliphatic rings. The molecule has 0 amide bonds. The zero-order chi connectivity index (χ0) is 24.5. The van der Waals surface area contributed by atoms with E-state index in [1.54, 1.807) is 29.2 Å². The molecule has 0 atom stereocenters. The predicted molar refractivity (Wildman–Crippen MR) is 128 cm³/mol. The lowest BCUT2D eigenvalue weighted by atomic mass is 10.2. The van der Waals surface area contributed by atoms with Crippen LogP contribution in [0.4, 0.5) is 14.5 Å². The van der Waals surface area contributed by atoms with E-state index in [0.717, 1.165) is 5.56 Å². The van der Waals surface area contributed by atoms with E-state index in [-0.39, 0.29) is 44.5 Å². The van der Waals surface area contributed by atoms with Gasteiger partial charge in [-0.3, -0.25) is 9.62 Å². The van der Waals surface area contributed by atoms with Crippen LogP contribution in [-0.4, -0.2) is 37.3 Å². The van der Waals surface area contributed by atoms with Gasteiger partial charge in [0.25, 0.3) is 15.9 Å². The number of anilines is 1. The number of halogens is 5. The quantitative estimate of drug-likeness (QED) is 0.366. The standard InChI is InChI=1S/C22H18Cl3F2N3O3S/c23-15-9-20(29-34(31,32)17-5-6-18(24)19(25)10-17)21(28-11-15)33-16-3-1-14(2-4-16)12-30-8-7-22(26,27)13-30/h1-6,9-11,29H,7-8,12-13H2. The molecule has 12 heteroatoms. The van der Waals surface area contributed by atoms with E-state index in [2.05, 4.69) is 9.71 Å². The van der Waals surface area contributed by atoms with Gasteiger partial charge in [-0.25, -0.2) is 22.2 Å². The van der Waals surface area contributed by atoms with Crippen LogP contribution >= 0.6 is 34.8 Å². The molecule has 1 aromatic heterocycles. The molecule has 0 spiro atoms. The molecule has 0 radical (unpaired) electrons. The summed E-state index contributed by atoms with van der Waals surface area (Å²) in [4.78, 5) is 5.66. The number of likely N-dealkylation sites (tertiary alicyclic amines) is 1. The topological polar surface area (TPSA) is 71.5 Å². The van der Waals surface area contributed by atoms with E-state index in [1.165, 1.54) is 30.5 Å². The van der Waals surface area contributed by atoms with Crippen molar-refractivity contribution >= 4 is 50.5 Å². The van der Waals surface area contributed by atoms with E-state index < -0.39 is 15.9 Å². The summed E-state index contributed by atoms with van der Waals surface area (Å²) in [5, 5.41) is 0.496. The molecular formula is C22H18Cl3F2N3O3S. The molecule has 0 aliphatic carbocycles. The Balaban J connectivity index is 1.50. The van der Waals surface area contributed by atoms with Gasteiger partial charge in [-0.05, 0) is 42.0 Å². The molecule has 1 N–H and O–H groups in total. The van der Waals surface area contributed by atoms with E-state index in [9.17, 15) is 17.2 Å². The lowest BCUT2D eigenvalue weighted by Gasteiger charge is -2.16. The van der Waals surface area contributed by atoms with Gasteiger partial charge in [0.1, 0.15) is 11.4 Å². The number of alkyl halides is 2. The Morgan fingerprint density at radius 3 is 2.44 bits per heavy atom. The van der Waals surface area contributed by atoms with Crippen LogP contribution in [0.15, 0.2) is 59.6 Å². The van der Waals surface area contributed by atoms with Crippen molar-refractivity contribution in [1.29, 1.82) is 0 Å². The van der Waals surface area contributed by atoms with Crippen LogP contribution in [0, 0.1) is 0 Å². The van der Waals surface area contributed by atoms with Crippen LogP contribution in [0.3, 0.4) is 0 Å². The molecule has 34 heavy (non-hydrogen) atoms. The molecule has 1 aliphatic heterocycles. The molecule has 1 saturated heterocycles. The van der Waals surface area contributed by atoms with E-state index in [0.29, 0.717) is 18.8 Å². The number of ether oxygens (including phenoxy) is 1. The Kier molecular flexibility index (Phi) is 7.21. The Bertz CT molecular complexity index is 1310. The lowest BCUT2D eigenvalue weighted by molar-refractivity contribution is 0.0115. The molecule has 2 heterocycles. The van der Waals surface area contributed by atoms with Crippen molar-refractivity contribution < 1.29 is 21.9 Å². The molecule has 6 nitrogen and oxygen atoms in total. The van der Waals surface area contributed by atoms with Crippen LogP contribution in [-0.2, 0) is 16.6 Å². The minimum Gasteiger partial charge on any atom is -0.437 e. The molecule has 3 aromatic rings. The van der Waals surface area contributed by atoms with Crippen molar-refractivity contribution in [2.24, 2.45) is 0 Å².